The molecule has 1 aliphatic rings. The van der Waals surface area contributed by atoms with Crippen molar-refractivity contribution < 1.29 is 4.74 Å². The molecule has 5 rings (SSSR count). The normalized spacial score (nSPS) is 14.9. The van der Waals surface area contributed by atoms with Crippen LogP contribution in [0.4, 0.5) is 5.95 Å². The van der Waals surface area contributed by atoms with Crippen LogP contribution in [0.1, 0.15) is 31.7 Å². The lowest BCUT2D eigenvalue weighted by atomic mass is 9.94. The van der Waals surface area contributed by atoms with E-state index in [1.165, 1.54) is 16.9 Å². The molecular formula is C22H25N7OS. The minimum absolute atomic E-state index is 0.661. The SMILES string of the molecule is CCc1cnc(N2CCC(CCOc3nn4cc(-c5ccncc5)nc4s3)CC2)nc1. The van der Waals surface area contributed by atoms with Crippen LogP contribution in [-0.2, 0) is 6.42 Å². The third-order valence-electron chi connectivity index (χ3n) is 5.75. The largest absolute Gasteiger partial charge is 0.469 e. The van der Waals surface area contributed by atoms with Crippen molar-refractivity contribution in [1.29, 1.82) is 0 Å². The lowest BCUT2D eigenvalue weighted by molar-refractivity contribution is 0.255. The quantitative estimate of drug-likeness (QED) is 0.435. The predicted molar refractivity (Wildman–Crippen MR) is 121 cm³/mol. The van der Waals surface area contributed by atoms with E-state index < -0.39 is 0 Å². The highest BCUT2D eigenvalue weighted by molar-refractivity contribution is 7.18. The number of hydrogen-bond donors (Lipinski definition) is 0. The highest BCUT2D eigenvalue weighted by Gasteiger charge is 2.21. The van der Waals surface area contributed by atoms with Crippen molar-refractivity contribution in [2.45, 2.75) is 32.6 Å². The van der Waals surface area contributed by atoms with Crippen LogP contribution >= 0.6 is 11.3 Å². The Balaban J connectivity index is 1.10. The summed E-state index contributed by atoms with van der Waals surface area (Å²) in [6.07, 6.45) is 13.6. The van der Waals surface area contributed by atoms with Crippen LogP contribution in [0.15, 0.2) is 43.1 Å². The maximum Gasteiger partial charge on any atom is 0.294 e. The van der Waals surface area contributed by atoms with E-state index in [0.717, 1.165) is 60.9 Å². The second-order valence-corrected chi connectivity index (χ2v) is 8.69. The molecular weight excluding hydrogens is 410 g/mol. The molecule has 0 bridgehead atoms. The zero-order valence-corrected chi connectivity index (χ0v) is 18.3. The number of pyridine rings is 1. The molecule has 5 heterocycles. The molecule has 0 aromatic carbocycles. The summed E-state index contributed by atoms with van der Waals surface area (Å²) in [5.74, 6) is 1.51. The Labute approximate surface area is 185 Å². The lowest BCUT2D eigenvalue weighted by Gasteiger charge is -2.31. The van der Waals surface area contributed by atoms with E-state index in [1.807, 2.05) is 30.7 Å². The smallest absolute Gasteiger partial charge is 0.294 e. The van der Waals surface area contributed by atoms with Gasteiger partial charge in [0.05, 0.1) is 18.5 Å². The Hall–Kier alpha value is -3.07. The second-order valence-electron chi connectivity index (χ2n) is 7.77. The summed E-state index contributed by atoms with van der Waals surface area (Å²) >= 11 is 1.48. The van der Waals surface area contributed by atoms with Gasteiger partial charge in [-0.15, -0.1) is 5.10 Å². The van der Waals surface area contributed by atoms with Crippen molar-refractivity contribution in [2.24, 2.45) is 5.92 Å². The number of hydrogen-bond acceptors (Lipinski definition) is 8. The van der Waals surface area contributed by atoms with Crippen molar-refractivity contribution in [3.05, 3.63) is 48.7 Å². The second kappa shape index (κ2) is 8.97. The monoisotopic (exact) mass is 435 g/mol. The van der Waals surface area contributed by atoms with E-state index in [0.29, 0.717) is 17.7 Å². The Morgan fingerprint density at radius 3 is 2.61 bits per heavy atom. The number of imidazole rings is 1. The van der Waals surface area contributed by atoms with Gasteiger partial charge < -0.3 is 9.64 Å². The molecule has 4 aromatic rings. The van der Waals surface area contributed by atoms with E-state index in [1.54, 1.807) is 16.9 Å². The lowest BCUT2D eigenvalue weighted by Crippen LogP contribution is -2.35. The fourth-order valence-electron chi connectivity index (χ4n) is 3.83. The summed E-state index contributed by atoms with van der Waals surface area (Å²) < 4.78 is 7.72. The van der Waals surface area contributed by atoms with Crippen LogP contribution in [0.5, 0.6) is 5.19 Å². The van der Waals surface area contributed by atoms with Crippen LogP contribution in [0.2, 0.25) is 0 Å². The van der Waals surface area contributed by atoms with Gasteiger partial charge in [0.15, 0.2) is 0 Å². The van der Waals surface area contributed by atoms with Gasteiger partial charge in [-0.05, 0) is 60.6 Å². The zero-order chi connectivity index (χ0) is 21.0. The van der Waals surface area contributed by atoms with Crippen molar-refractivity contribution in [3.63, 3.8) is 0 Å². The zero-order valence-electron chi connectivity index (χ0n) is 17.5. The van der Waals surface area contributed by atoms with Gasteiger partial charge in [-0.25, -0.2) is 19.5 Å². The molecule has 0 atom stereocenters. The first-order valence-electron chi connectivity index (χ1n) is 10.7. The van der Waals surface area contributed by atoms with Gasteiger partial charge in [-0.3, -0.25) is 4.98 Å². The molecule has 0 radical (unpaired) electrons. The van der Waals surface area contributed by atoms with E-state index in [2.05, 4.69) is 36.9 Å². The predicted octanol–water partition coefficient (Wildman–Crippen LogP) is 3.89. The number of rotatable bonds is 7. The van der Waals surface area contributed by atoms with Crippen molar-refractivity contribution in [1.82, 2.24) is 29.5 Å². The van der Waals surface area contributed by atoms with Crippen LogP contribution in [-0.4, -0.2) is 49.2 Å². The van der Waals surface area contributed by atoms with Gasteiger partial charge in [0.25, 0.3) is 5.19 Å². The fourth-order valence-corrected chi connectivity index (χ4v) is 4.59. The summed E-state index contributed by atoms with van der Waals surface area (Å²) in [4.78, 5) is 20.8. The van der Waals surface area contributed by atoms with Gasteiger partial charge >= 0.3 is 0 Å². The van der Waals surface area contributed by atoms with Crippen molar-refractivity contribution in [3.8, 4) is 16.5 Å². The summed E-state index contributed by atoms with van der Waals surface area (Å²) in [6, 6.07) is 3.89. The summed E-state index contributed by atoms with van der Waals surface area (Å²) in [5.41, 5.74) is 3.11. The van der Waals surface area contributed by atoms with Gasteiger partial charge in [0.1, 0.15) is 0 Å². The molecule has 0 unspecified atom stereocenters. The third kappa shape index (κ3) is 4.51. The molecule has 8 nitrogen and oxygen atoms in total. The number of aryl methyl sites for hydroxylation is 1. The summed E-state index contributed by atoms with van der Waals surface area (Å²) in [6.45, 7) is 4.80. The average Bonchev–Trinajstić information content (AvgIpc) is 3.39. The van der Waals surface area contributed by atoms with Crippen LogP contribution < -0.4 is 9.64 Å². The maximum atomic E-state index is 5.93. The third-order valence-corrected chi connectivity index (χ3v) is 6.58. The minimum Gasteiger partial charge on any atom is -0.469 e. The van der Waals surface area contributed by atoms with Crippen molar-refractivity contribution >= 4 is 22.2 Å². The average molecular weight is 436 g/mol. The number of piperidine rings is 1. The molecule has 0 saturated carbocycles. The van der Waals surface area contributed by atoms with Gasteiger partial charge in [-0.1, -0.05) is 6.92 Å². The van der Waals surface area contributed by atoms with Gasteiger partial charge in [-0.2, -0.15) is 0 Å². The molecule has 0 spiro atoms. The molecule has 160 valence electrons. The van der Waals surface area contributed by atoms with E-state index >= 15 is 0 Å². The molecule has 31 heavy (non-hydrogen) atoms. The standard InChI is InChI=1S/C22H25N7OS/c1-2-16-13-24-20(25-14-16)28-10-5-17(6-11-28)7-12-30-22-27-29-15-19(26-21(29)31-22)18-3-8-23-9-4-18/h3-4,8-9,13-15,17H,2,5-7,10-12H2,1H3. The Morgan fingerprint density at radius 2 is 1.90 bits per heavy atom. The van der Waals surface area contributed by atoms with E-state index in [-0.39, 0.29) is 0 Å². The van der Waals surface area contributed by atoms with Crippen molar-refractivity contribution in [2.75, 3.05) is 24.6 Å². The molecule has 0 amide bonds. The molecule has 1 saturated heterocycles. The summed E-state index contributed by atoms with van der Waals surface area (Å²) in [5, 5.41) is 5.19. The number of anilines is 1. The van der Waals surface area contributed by atoms with Crippen LogP contribution in [0, 0.1) is 5.92 Å². The molecule has 1 aliphatic heterocycles. The number of aromatic nitrogens is 6. The first kappa shape index (κ1) is 19.9. The molecule has 0 aliphatic carbocycles. The molecule has 0 N–H and O–H groups in total. The van der Waals surface area contributed by atoms with Gasteiger partial charge in [0.2, 0.25) is 10.9 Å². The Kier molecular flexibility index (Phi) is 5.75. The highest BCUT2D eigenvalue weighted by Crippen LogP contribution is 2.27. The molecule has 1 fully saturated rings. The van der Waals surface area contributed by atoms with E-state index in [9.17, 15) is 0 Å². The Bertz CT molecular complexity index is 1090. The van der Waals surface area contributed by atoms with E-state index in [4.69, 9.17) is 4.74 Å². The molecule has 9 heteroatoms. The first-order valence-corrected chi connectivity index (χ1v) is 11.6. The number of ether oxygens (including phenoxy) is 1. The van der Waals surface area contributed by atoms with Gasteiger partial charge in [0, 0.05) is 43.4 Å². The number of nitrogens with zero attached hydrogens (tertiary/aromatic N) is 7. The molecule has 4 aromatic heterocycles. The first-order chi connectivity index (χ1) is 15.3. The van der Waals surface area contributed by atoms with Crippen LogP contribution in [0.25, 0.3) is 16.2 Å². The maximum absolute atomic E-state index is 5.93. The fraction of sp³-hybridized carbons (Fsp3) is 0.409. The van der Waals surface area contributed by atoms with Crippen LogP contribution in [0.3, 0.4) is 0 Å². The number of fused-ring (bicyclic) bond motifs is 1. The Morgan fingerprint density at radius 1 is 1.13 bits per heavy atom. The highest BCUT2D eigenvalue weighted by atomic mass is 32.1. The minimum atomic E-state index is 0.661. The topological polar surface area (TPSA) is 81.3 Å². The summed E-state index contributed by atoms with van der Waals surface area (Å²) in [7, 11) is 0.